The topological polar surface area (TPSA) is 38.0 Å². The second-order valence-corrected chi connectivity index (χ2v) is 13.5. The largest absolute Gasteiger partial charge is 0.371 e. The molecular weight excluding hydrogens is 513 g/mol. The first-order valence-electron chi connectivity index (χ1n) is 17.9. The van der Waals surface area contributed by atoms with Crippen molar-refractivity contribution in [2.24, 2.45) is 5.73 Å². The monoisotopic (exact) mass is 585 g/mol. The first-order chi connectivity index (χ1) is 19.3. The molecule has 0 fully saturated rings. The summed E-state index contributed by atoms with van der Waals surface area (Å²) in [5, 5.41) is 3.11. The third-order valence-electron chi connectivity index (χ3n) is 8.41. The molecular formula is C35H72N2S2. The van der Waals surface area contributed by atoms with E-state index in [-0.39, 0.29) is 0 Å². The number of hydrogen-bond acceptors (Lipinski definition) is 2. The van der Waals surface area contributed by atoms with Crippen LogP contribution in [0.2, 0.25) is 0 Å². The number of hydrogen-bond donors (Lipinski definition) is 3. The normalized spacial score (nSPS) is 11.3. The quantitative estimate of drug-likeness (QED) is 0.0400. The van der Waals surface area contributed by atoms with Crippen LogP contribution >= 0.6 is 24.8 Å². The first kappa shape index (κ1) is 39.2. The maximum Gasteiger partial charge on any atom is 0.130 e. The minimum atomic E-state index is 0.629. The van der Waals surface area contributed by atoms with Crippen LogP contribution in [0, 0.1) is 0 Å². The number of unbranched alkanes of at least 4 members (excludes halogenated alkanes) is 31. The molecule has 0 rings (SSSR count). The van der Waals surface area contributed by atoms with Gasteiger partial charge in [-0.1, -0.05) is 205 Å². The van der Waals surface area contributed by atoms with Crippen LogP contribution < -0.4 is 11.1 Å². The summed E-state index contributed by atoms with van der Waals surface area (Å²) < 4.78 is 0.629. The number of nitrogens with two attached hydrogens (primary N) is 1. The molecule has 0 aliphatic heterocycles. The predicted molar refractivity (Wildman–Crippen MR) is 186 cm³/mol. The van der Waals surface area contributed by atoms with E-state index in [2.05, 4.69) is 17.9 Å². The standard InChI is InChI=1S/C35H72N2S2/c36-33-31-29-27-25-23-21-19-17-15-13-11-9-7-5-3-1-2-4-6-8-10-12-14-16-18-20-22-24-26-28-30-32-34-37-35(38)39/h1-34,36H2,(H2,37,38,39). The third kappa shape index (κ3) is 38.2. The second-order valence-electron chi connectivity index (χ2n) is 12.3. The molecule has 39 heavy (non-hydrogen) atoms. The van der Waals surface area contributed by atoms with Crippen LogP contribution in [0.25, 0.3) is 0 Å². The highest BCUT2D eigenvalue weighted by atomic mass is 32.1. The molecule has 0 saturated heterocycles. The molecule has 0 atom stereocenters. The minimum absolute atomic E-state index is 0.629. The molecule has 0 spiro atoms. The predicted octanol–water partition coefficient (Wildman–Crippen LogP) is 12.2. The van der Waals surface area contributed by atoms with Crippen molar-refractivity contribution in [3.8, 4) is 0 Å². The lowest BCUT2D eigenvalue weighted by molar-refractivity contribution is 0.511. The summed E-state index contributed by atoms with van der Waals surface area (Å²) in [4.78, 5) is 0. The molecule has 4 heteroatoms. The molecule has 0 amide bonds. The Labute approximate surface area is 258 Å². The lowest BCUT2D eigenvalue weighted by Crippen LogP contribution is -2.17. The molecule has 234 valence electrons. The van der Waals surface area contributed by atoms with Crippen molar-refractivity contribution in [3.05, 3.63) is 0 Å². The zero-order valence-electron chi connectivity index (χ0n) is 26.5. The molecule has 0 saturated carbocycles. The van der Waals surface area contributed by atoms with Gasteiger partial charge in [0.2, 0.25) is 0 Å². The summed E-state index contributed by atoms with van der Waals surface area (Å²) in [5.74, 6) is 0. The molecule has 2 nitrogen and oxygen atoms in total. The van der Waals surface area contributed by atoms with Crippen molar-refractivity contribution in [1.82, 2.24) is 5.32 Å². The Bertz CT molecular complexity index is 458. The van der Waals surface area contributed by atoms with Gasteiger partial charge in [-0.3, -0.25) is 0 Å². The number of thiocarbonyl (C=S) groups is 1. The molecule has 0 aliphatic rings. The number of rotatable bonds is 34. The van der Waals surface area contributed by atoms with Gasteiger partial charge < -0.3 is 11.1 Å². The van der Waals surface area contributed by atoms with Crippen molar-refractivity contribution < 1.29 is 0 Å². The van der Waals surface area contributed by atoms with E-state index >= 15 is 0 Å². The van der Waals surface area contributed by atoms with Gasteiger partial charge in [0, 0.05) is 6.54 Å². The third-order valence-corrected chi connectivity index (χ3v) is 8.71. The first-order valence-corrected chi connectivity index (χ1v) is 18.8. The second kappa shape index (κ2) is 36.2. The number of thiol groups is 1. The summed E-state index contributed by atoms with van der Waals surface area (Å²) >= 11 is 8.99. The summed E-state index contributed by atoms with van der Waals surface area (Å²) in [5.41, 5.74) is 5.55. The molecule has 0 radical (unpaired) electrons. The fraction of sp³-hybridized carbons (Fsp3) is 0.971. The van der Waals surface area contributed by atoms with Crippen LogP contribution in [0.3, 0.4) is 0 Å². The summed E-state index contributed by atoms with van der Waals surface area (Å²) in [7, 11) is 0. The van der Waals surface area contributed by atoms with Gasteiger partial charge in [0.25, 0.3) is 0 Å². The van der Waals surface area contributed by atoms with E-state index in [0.29, 0.717) is 4.32 Å². The fourth-order valence-electron chi connectivity index (χ4n) is 5.77. The van der Waals surface area contributed by atoms with E-state index in [9.17, 15) is 0 Å². The maximum absolute atomic E-state index is 5.55. The van der Waals surface area contributed by atoms with Crippen LogP contribution in [0.1, 0.15) is 205 Å². The maximum atomic E-state index is 5.55. The van der Waals surface area contributed by atoms with Gasteiger partial charge >= 0.3 is 0 Å². The van der Waals surface area contributed by atoms with Gasteiger partial charge in [0.05, 0.1) is 0 Å². The number of nitrogens with one attached hydrogen (secondary N) is 1. The molecule has 0 aromatic carbocycles. The van der Waals surface area contributed by atoms with Crippen molar-refractivity contribution in [2.75, 3.05) is 13.1 Å². The summed E-state index contributed by atoms with van der Waals surface area (Å²) in [6.45, 7) is 1.86. The zero-order valence-corrected chi connectivity index (χ0v) is 28.2. The Hall–Kier alpha value is 0.200. The van der Waals surface area contributed by atoms with Gasteiger partial charge in [-0.2, -0.15) is 0 Å². The Morgan fingerprint density at radius 1 is 0.359 bits per heavy atom. The van der Waals surface area contributed by atoms with E-state index in [1.165, 1.54) is 205 Å². The minimum Gasteiger partial charge on any atom is -0.371 e. The van der Waals surface area contributed by atoms with E-state index in [4.69, 9.17) is 18.0 Å². The SMILES string of the molecule is NCCCCCCCCCCCCCCCCCCCCCCCCCCCCCCCCCCNC(=S)S. The van der Waals surface area contributed by atoms with E-state index in [1.54, 1.807) is 0 Å². The molecule has 0 aromatic rings. The van der Waals surface area contributed by atoms with Gasteiger partial charge in [-0.05, 0) is 19.4 Å². The summed E-state index contributed by atoms with van der Waals surface area (Å²) in [6, 6.07) is 0. The molecule has 3 N–H and O–H groups in total. The highest BCUT2D eigenvalue weighted by Crippen LogP contribution is 2.16. The van der Waals surface area contributed by atoms with E-state index < -0.39 is 0 Å². The Morgan fingerprint density at radius 3 is 0.718 bits per heavy atom. The van der Waals surface area contributed by atoms with Crippen LogP contribution in [0.5, 0.6) is 0 Å². The fourth-order valence-corrected chi connectivity index (χ4v) is 5.98. The lowest BCUT2D eigenvalue weighted by atomic mass is 10.0. The zero-order chi connectivity index (χ0) is 28.3. The van der Waals surface area contributed by atoms with Gasteiger partial charge in [-0.25, -0.2) is 0 Å². The smallest absolute Gasteiger partial charge is 0.130 e. The molecule has 0 aliphatic carbocycles. The van der Waals surface area contributed by atoms with E-state index in [0.717, 1.165) is 13.1 Å². The van der Waals surface area contributed by atoms with Crippen LogP contribution in [0.4, 0.5) is 0 Å². The molecule has 0 unspecified atom stereocenters. The molecule has 0 heterocycles. The van der Waals surface area contributed by atoms with Gasteiger partial charge in [-0.15, -0.1) is 12.6 Å². The lowest BCUT2D eigenvalue weighted by Gasteiger charge is -2.05. The van der Waals surface area contributed by atoms with Crippen LogP contribution in [-0.2, 0) is 0 Å². The molecule has 0 aromatic heterocycles. The van der Waals surface area contributed by atoms with Crippen molar-refractivity contribution in [1.29, 1.82) is 0 Å². The van der Waals surface area contributed by atoms with Gasteiger partial charge in [0.15, 0.2) is 0 Å². The average Bonchev–Trinajstić information content (AvgIpc) is 2.93. The Kier molecular flexibility index (Phi) is 36.4. The van der Waals surface area contributed by atoms with Gasteiger partial charge in [0.1, 0.15) is 4.32 Å². The highest BCUT2D eigenvalue weighted by molar-refractivity contribution is 8.11. The average molecular weight is 585 g/mol. The highest BCUT2D eigenvalue weighted by Gasteiger charge is 1.97. The molecule has 0 bridgehead atoms. The van der Waals surface area contributed by atoms with Crippen LogP contribution in [-0.4, -0.2) is 17.4 Å². The van der Waals surface area contributed by atoms with Crippen molar-refractivity contribution in [3.63, 3.8) is 0 Å². The van der Waals surface area contributed by atoms with Crippen LogP contribution in [0.15, 0.2) is 0 Å². The summed E-state index contributed by atoms with van der Waals surface area (Å²) in [6.07, 6.45) is 45.9. The Morgan fingerprint density at radius 2 is 0.538 bits per heavy atom. The van der Waals surface area contributed by atoms with E-state index in [1.807, 2.05) is 0 Å². The van der Waals surface area contributed by atoms with Crippen molar-refractivity contribution >= 4 is 29.2 Å². The Balaban J connectivity index is 3.02. The van der Waals surface area contributed by atoms with Crippen molar-refractivity contribution in [2.45, 2.75) is 205 Å².